The predicted octanol–water partition coefficient (Wildman–Crippen LogP) is 1.06. The van der Waals surface area contributed by atoms with Gasteiger partial charge in [-0.05, 0) is 12.8 Å². The van der Waals surface area contributed by atoms with Gasteiger partial charge in [0.1, 0.15) is 16.6 Å². The van der Waals surface area contributed by atoms with Crippen LogP contribution in [-0.2, 0) is 24.6 Å². The molecule has 0 radical (unpaired) electrons. The first-order chi connectivity index (χ1) is 12.3. The number of methoxy groups -OCH3 is 3. The minimum absolute atomic E-state index is 0.139. The molecule has 1 saturated carbocycles. The van der Waals surface area contributed by atoms with Gasteiger partial charge in [0.15, 0.2) is 0 Å². The number of carbonyl (C=O) groups is 2. The summed E-state index contributed by atoms with van der Waals surface area (Å²) in [6, 6.07) is 1.56. The number of halogens is 1. The van der Waals surface area contributed by atoms with Crippen LogP contribution in [0.25, 0.3) is 0 Å². The molecule has 1 aromatic rings. The summed E-state index contributed by atoms with van der Waals surface area (Å²) in [7, 11) is 3.76. The van der Waals surface area contributed by atoms with Crippen molar-refractivity contribution in [1.29, 1.82) is 0 Å². The lowest BCUT2D eigenvalue weighted by Crippen LogP contribution is -2.52. The van der Waals surface area contributed by atoms with E-state index in [1.165, 1.54) is 33.5 Å². The van der Waals surface area contributed by atoms with Crippen LogP contribution >= 0.6 is 15.9 Å². The topological polar surface area (TPSA) is 130 Å². The summed E-state index contributed by atoms with van der Waals surface area (Å²) in [5, 5.41) is 14.4. The molecule has 0 bridgehead atoms. The van der Waals surface area contributed by atoms with Gasteiger partial charge in [0.25, 0.3) is 5.69 Å². The molecule has 2 rings (SSSR count). The smallest absolute Gasteiger partial charge is 0.324 e. The van der Waals surface area contributed by atoms with Gasteiger partial charge in [-0.1, -0.05) is 15.9 Å². The number of hydrogen-bond donors (Lipinski definition) is 1. The van der Waals surface area contributed by atoms with Gasteiger partial charge >= 0.3 is 11.9 Å². The molecule has 1 aliphatic carbocycles. The lowest BCUT2D eigenvalue weighted by atomic mass is 10.1. The van der Waals surface area contributed by atoms with E-state index in [1.54, 1.807) is 0 Å². The summed E-state index contributed by atoms with van der Waals surface area (Å²) in [6.07, 6.45) is 0.977. The second kappa shape index (κ2) is 7.96. The minimum Gasteiger partial charge on any atom is -0.481 e. The Kier molecular flexibility index (Phi) is 6.13. The van der Waals surface area contributed by atoms with E-state index in [0.29, 0.717) is 12.8 Å². The molecule has 10 nitrogen and oxygen atoms in total. The number of rotatable bonds is 8. The van der Waals surface area contributed by atoms with E-state index in [4.69, 9.17) is 9.47 Å². The number of aromatic nitrogens is 1. The van der Waals surface area contributed by atoms with Gasteiger partial charge in [-0.2, -0.15) is 0 Å². The van der Waals surface area contributed by atoms with Crippen LogP contribution in [0.2, 0.25) is 0 Å². The van der Waals surface area contributed by atoms with Crippen molar-refractivity contribution in [3.05, 3.63) is 27.9 Å². The van der Waals surface area contributed by atoms with Crippen LogP contribution in [0.1, 0.15) is 18.5 Å². The number of hydrogen-bond acceptors (Lipinski definition) is 9. The summed E-state index contributed by atoms with van der Waals surface area (Å²) in [5.41, 5.74) is -1.01. The number of alkyl halides is 1. The van der Waals surface area contributed by atoms with Crippen molar-refractivity contribution in [1.82, 2.24) is 10.3 Å². The normalized spacial score (nSPS) is 16.9. The first-order valence-electron chi connectivity index (χ1n) is 7.57. The lowest BCUT2D eigenvalue weighted by Gasteiger charge is -2.25. The zero-order chi connectivity index (χ0) is 19.5. The highest BCUT2D eigenvalue weighted by molar-refractivity contribution is 9.10. The molecule has 26 heavy (non-hydrogen) atoms. The fourth-order valence-corrected chi connectivity index (χ4v) is 3.08. The number of nitrogens with one attached hydrogen (secondary N) is 1. The Bertz CT molecular complexity index is 723. The summed E-state index contributed by atoms with van der Waals surface area (Å²) in [5.74, 6) is -1.19. The van der Waals surface area contributed by atoms with Gasteiger partial charge in [-0.15, -0.1) is 0 Å². The monoisotopic (exact) mass is 431 g/mol. The highest BCUT2D eigenvalue weighted by Gasteiger charge is 2.53. The quantitative estimate of drug-likeness (QED) is 0.277. The summed E-state index contributed by atoms with van der Waals surface area (Å²) >= 11 is 3.12. The van der Waals surface area contributed by atoms with Crippen molar-refractivity contribution in [3.63, 3.8) is 0 Å². The summed E-state index contributed by atoms with van der Waals surface area (Å²) < 4.78 is 14.4. The number of ether oxygens (including phenoxy) is 3. The maximum atomic E-state index is 12.2. The molecule has 142 valence electrons. The van der Waals surface area contributed by atoms with Crippen LogP contribution in [0.5, 0.6) is 5.88 Å². The van der Waals surface area contributed by atoms with E-state index in [2.05, 4.69) is 31.0 Å². The Morgan fingerprint density at radius 3 is 2.35 bits per heavy atom. The Labute approximate surface area is 157 Å². The van der Waals surface area contributed by atoms with Gasteiger partial charge in [0, 0.05) is 12.1 Å². The maximum Gasteiger partial charge on any atom is 0.324 e. The molecule has 1 N–H and O–H groups in total. The first-order valence-corrected chi connectivity index (χ1v) is 8.48. The molecule has 11 heteroatoms. The van der Waals surface area contributed by atoms with Crippen molar-refractivity contribution in [2.45, 2.75) is 29.2 Å². The van der Waals surface area contributed by atoms with Crippen LogP contribution < -0.4 is 10.1 Å². The van der Waals surface area contributed by atoms with Crippen molar-refractivity contribution in [2.75, 3.05) is 21.3 Å². The summed E-state index contributed by atoms with van der Waals surface area (Å²) in [4.78, 5) is 38.0. The SMILES string of the molecule is COC(=O)C(Br)C(NC1(c2nc(OC)ccc2[N+](=O)[O-])CC1)C(=O)OC. The van der Waals surface area contributed by atoms with Gasteiger partial charge in [-0.3, -0.25) is 25.0 Å². The molecule has 1 heterocycles. The van der Waals surface area contributed by atoms with E-state index >= 15 is 0 Å². The Hall–Kier alpha value is -2.27. The van der Waals surface area contributed by atoms with Crippen molar-refractivity contribution < 1.29 is 28.7 Å². The molecule has 0 aliphatic heterocycles. The zero-order valence-electron chi connectivity index (χ0n) is 14.4. The van der Waals surface area contributed by atoms with E-state index in [9.17, 15) is 19.7 Å². The fourth-order valence-electron chi connectivity index (χ4n) is 2.55. The standard InChI is InChI=1S/C15H18BrN3O7/c1-24-9-5-4-8(19(22)23)12(17-9)15(6-7-15)18-11(14(21)26-3)10(16)13(20)25-2/h4-5,10-11,18H,6-7H2,1-3H3. The molecular formula is C15H18BrN3O7. The van der Waals surface area contributed by atoms with Crippen LogP contribution in [-0.4, -0.2) is 54.0 Å². The first kappa shape index (κ1) is 20.0. The maximum absolute atomic E-state index is 12.2. The number of nitro groups is 1. The van der Waals surface area contributed by atoms with Gasteiger partial charge in [0.05, 0.1) is 31.8 Å². The molecule has 2 unspecified atom stereocenters. The third-order valence-electron chi connectivity index (χ3n) is 4.06. The second-order valence-corrected chi connectivity index (χ2v) is 6.62. The Balaban J connectivity index is 2.42. The third kappa shape index (κ3) is 3.93. The lowest BCUT2D eigenvalue weighted by molar-refractivity contribution is -0.386. The van der Waals surface area contributed by atoms with E-state index < -0.39 is 33.3 Å². The second-order valence-electron chi connectivity index (χ2n) is 5.63. The van der Waals surface area contributed by atoms with Gasteiger partial charge in [-0.25, -0.2) is 4.98 Å². The van der Waals surface area contributed by atoms with Crippen molar-refractivity contribution >= 4 is 33.6 Å². The number of pyridine rings is 1. The van der Waals surface area contributed by atoms with E-state index in [0.717, 1.165) is 0 Å². The molecule has 0 saturated heterocycles. The average molecular weight is 432 g/mol. The third-order valence-corrected chi connectivity index (χ3v) is 4.97. The highest BCUT2D eigenvalue weighted by atomic mass is 79.9. The van der Waals surface area contributed by atoms with E-state index in [1.807, 2.05) is 0 Å². The van der Waals surface area contributed by atoms with Gasteiger partial charge in [0.2, 0.25) is 5.88 Å². The Morgan fingerprint density at radius 1 is 1.27 bits per heavy atom. The Morgan fingerprint density at radius 2 is 1.88 bits per heavy atom. The molecule has 1 aliphatic rings. The molecule has 2 atom stereocenters. The molecule has 1 fully saturated rings. The van der Waals surface area contributed by atoms with Crippen LogP contribution in [0, 0.1) is 10.1 Å². The highest BCUT2D eigenvalue weighted by Crippen LogP contribution is 2.49. The van der Waals surface area contributed by atoms with Crippen LogP contribution in [0.4, 0.5) is 5.69 Å². The molecule has 1 aromatic heterocycles. The average Bonchev–Trinajstić information content (AvgIpc) is 3.44. The van der Waals surface area contributed by atoms with Crippen LogP contribution in [0.15, 0.2) is 12.1 Å². The molecule has 0 spiro atoms. The number of esters is 2. The number of carbonyl (C=O) groups excluding carboxylic acids is 2. The number of nitrogens with zero attached hydrogens (tertiary/aromatic N) is 2. The van der Waals surface area contributed by atoms with Crippen molar-refractivity contribution in [3.8, 4) is 5.88 Å². The summed E-state index contributed by atoms with van der Waals surface area (Å²) in [6.45, 7) is 0. The largest absolute Gasteiger partial charge is 0.481 e. The van der Waals surface area contributed by atoms with Crippen molar-refractivity contribution in [2.24, 2.45) is 0 Å². The minimum atomic E-state index is -1.12. The predicted molar refractivity (Wildman–Crippen MR) is 92.0 cm³/mol. The zero-order valence-corrected chi connectivity index (χ0v) is 15.9. The van der Waals surface area contributed by atoms with E-state index in [-0.39, 0.29) is 17.3 Å². The molecule has 0 aromatic carbocycles. The molecular weight excluding hydrogens is 414 g/mol. The fraction of sp³-hybridized carbons (Fsp3) is 0.533. The van der Waals surface area contributed by atoms with Crippen LogP contribution in [0.3, 0.4) is 0 Å². The molecule has 0 amide bonds. The van der Waals surface area contributed by atoms with Gasteiger partial charge < -0.3 is 14.2 Å².